The van der Waals surface area contributed by atoms with E-state index in [4.69, 9.17) is 9.15 Å². The quantitative estimate of drug-likeness (QED) is 0.795. The van der Waals surface area contributed by atoms with Gasteiger partial charge in [-0.15, -0.1) is 10.2 Å². The van der Waals surface area contributed by atoms with E-state index in [-0.39, 0.29) is 0 Å². The van der Waals surface area contributed by atoms with E-state index in [0.29, 0.717) is 11.8 Å². The number of rotatable bonds is 2. The molecular weight excluding hydrogens is 216 g/mol. The van der Waals surface area contributed by atoms with Crippen molar-refractivity contribution in [3.63, 3.8) is 0 Å². The van der Waals surface area contributed by atoms with Gasteiger partial charge in [0.15, 0.2) is 0 Å². The molecule has 1 aliphatic rings. The molecule has 2 aromatic rings. The molecule has 4 nitrogen and oxygen atoms in total. The van der Waals surface area contributed by atoms with Crippen LogP contribution in [-0.4, -0.2) is 23.4 Å². The molecule has 0 atom stereocenters. The van der Waals surface area contributed by atoms with Crippen LogP contribution in [0.3, 0.4) is 0 Å². The second-order valence-corrected chi connectivity index (χ2v) is 4.25. The monoisotopic (exact) mass is 230 g/mol. The number of benzene rings is 1. The Bertz CT molecular complexity index is 459. The van der Waals surface area contributed by atoms with Crippen molar-refractivity contribution in [3.05, 3.63) is 36.2 Å². The molecule has 0 saturated carbocycles. The van der Waals surface area contributed by atoms with Crippen molar-refractivity contribution in [2.75, 3.05) is 13.2 Å². The maximum atomic E-state index is 5.37. The van der Waals surface area contributed by atoms with E-state index < -0.39 is 0 Å². The lowest BCUT2D eigenvalue weighted by Crippen LogP contribution is -2.13. The van der Waals surface area contributed by atoms with Gasteiger partial charge < -0.3 is 9.15 Å². The van der Waals surface area contributed by atoms with Gasteiger partial charge in [-0.3, -0.25) is 0 Å². The second-order valence-electron chi connectivity index (χ2n) is 4.25. The van der Waals surface area contributed by atoms with Crippen LogP contribution in [0.5, 0.6) is 0 Å². The summed E-state index contributed by atoms with van der Waals surface area (Å²) in [4.78, 5) is 0. The van der Waals surface area contributed by atoms with Gasteiger partial charge in [0.05, 0.1) is 0 Å². The fourth-order valence-electron chi connectivity index (χ4n) is 2.23. The van der Waals surface area contributed by atoms with E-state index in [1.54, 1.807) is 0 Å². The average molecular weight is 230 g/mol. The standard InChI is InChI=1S/C13H14N2O2/c1-3-12(13-15-14-9-17-13)4-2-10(1)11-5-7-16-8-6-11/h1-4,9,11H,5-8H2. The minimum atomic E-state index is 0.573. The van der Waals surface area contributed by atoms with Crippen molar-refractivity contribution < 1.29 is 9.15 Å². The lowest BCUT2D eigenvalue weighted by molar-refractivity contribution is 0.0853. The first-order chi connectivity index (χ1) is 8.43. The molecule has 4 heteroatoms. The second kappa shape index (κ2) is 4.67. The average Bonchev–Trinajstić information content (AvgIpc) is 2.94. The third-order valence-electron chi connectivity index (χ3n) is 3.21. The van der Waals surface area contributed by atoms with Gasteiger partial charge >= 0.3 is 0 Å². The van der Waals surface area contributed by atoms with Crippen molar-refractivity contribution >= 4 is 0 Å². The van der Waals surface area contributed by atoms with E-state index in [0.717, 1.165) is 31.6 Å². The lowest BCUT2D eigenvalue weighted by Gasteiger charge is -2.22. The third kappa shape index (κ3) is 2.22. The van der Waals surface area contributed by atoms with Crippen molar-refractivity contribution in [3.8, 4) is 11.5 Å². The molecule has 0 amide bonds. The number of hydrogen-bond donors (Lipinski definition) is 0. The van der Waals surface area contributed by atoms with Crippen LogP contribution in [0.15, 0.2) is 35.1 Å². The summed E-state index contributed by atoms with van der Waals surface area (Å²) in [5.74, 6) is 1.20. The summed E-state index contributed by atoms with van der Waals surface area (Å²) in [6.45, 7) is 1.74. The fraction of sp³-hybridized carbons (Fsp3) is 0.385. The highest BCUT2D eigenvalue weighted by Gasteiger charge is 2.15. The van der Waals surface area contributed by atoms with E-state index in [1.165, 1.54) is 12.0 Å². The Balaban J connectivity index is 1.80. The highest BCUT2D eigenvalue weighted by atomic mass is 16.5. The number of ether oxygens (including phenoxy) is 1. The molecule has 0 aliphatic carbocycles. The third-order valence-corrected chi connectivity index (χ3v) is 3.21. The molecule has 3 rings (SSSR count). The fourth-order valence-corrected chi connectivity index (χ4v) is 2.23. The number of hydrogen-bond acceptors (Lipinski definition) is 4. The first-order valence-electron chi connectivity index (χ1n) is 5.88. The van der Waals surface area contributed by atoms with Gasteiger partial charge in [-0.25, -0.2) is 0 Å². The number of nitrogens with zero attached hydrogens (tertiary/aromatic N) is 2. The zero-order valence-electron chi connectivity index (χ0n) is 9.50. The van der Waals surface area contributed by atoms with E-state index in [2.05, 4.69) is 22.3 Å². The van der Waals surface area contributed by atoms with Gasteiger partial charge in [0.1, 0.15) is 0 Å². The van der Waals surface area contributed by atoms with Crippen LogP contribution in [0, 0.1) is 0 Å². The Morgan fingerprint density at radius 2 is 1.82 bits per heavy atom. The molecule has 0 unspecified atom stereocenters. The van der Waals surface area contributed by atoms with Gasteiger partial charge in [-0.2, -0.15) is 0 Å². The molecular formula is C13H14N2O2. The first-order valence-corrected chi connectivity index (χ1v) is 5.88. The maximum absolute atomic E-state index is 5.37. The normalized spacial score (nSPS) is 17.2. The highest BCUT2D eigenvalue weighted by molar-refractivity contribution is 5.53. The summed E-state index contributed by atoms with van der Waals surface area (Å²) < 4.78 is 10.5. The zero-order chi connectivity index (χ0) is 11.5. The first kappa shape index (κ1) is 10.5. The highest BCUT2D eigenvalue weighted by Crippen LogP contribution is 2.28. The molecule has 1 aliphatic heterocycles. The molecule has 2 heterocycles. The van der Waals surface area contributed by atoms with E-state index in [9.17, 15) is 0 Å². The molecule has 17 heavy (non-hydrogen) atoms. The van der Waals surface area contributed by atoms with E-state index in [1.807, 2.05) is 12.1 Å². The van der Waals surface area contributed by atoms with Crippen LogP contribution in [0.25, 0.3) is 11.5 Å². The Kier molecular flexibility index (Phi) is 2.88. The predicted molar refractivity (Wildman–Crippen MR) is 62.5 cm³/mol. The van der Waals surface area contributed by atoms with Crippen molar-refractivity contribution in [2.45, 2.75) is 18.8 Å². The van der Waals surface area contributed by atoms with E-state index >= 15 is 0 Å². The van der Waals surface area contributed by atoms with Gasteiger partial charge in [-0.05, 0) is 36.5 Å². The molecule has 0 N–H and O–H groups in total. The van der Waals surface area contributed by atoms with Crippen LogP contribution in [0.1, 0.15) is 24.3 Å². The van der Waals surface area contributed by atoms with Crippen LogP contribution in [-0.2, 0) is 4.74 Å². The molecule has 0 radical (unpaired) electrons. The zero-order valence-corrected chi connectivity index (χ0v) is 9.50. The molecule has 0 bridgehead atoms. The molecule has 1 aromatic heterocycles. The Labute approximate surface area is 99.6 Å². The largest absolute Gasteiger partial charge is 0.423 e. The minimum Gasteiger partial charge on any atom is -0.423 e. The predicted octanol–water partition coefficient (Wildman–Crippen LogP) is 2.63. The molecule has 1 aromatic carbocycles. The summed E-state index contributed by atoms with van der Waals surface area (Å²) >= 11 is 0. The molecule has 1 saturated heterocycles. The summed E-state index contributed by atoms with van der Waals surface area (Å²) in [7, 11) is 0. The summed E-state index contributed by atoms with van der Waals surface area (Å²) in [6.07, 6.45) is 3.57. The summed E-state index contributed by atoms with van der Waals surface area (Å²) in [5, 5.41) is 7.57. The molecule has 1 fully saturated rings. The Hall–Kier alpha value is -1.68. The smallest absolute Gasteiger partial charge is 0.247 e. The van der Waals surface area contributed by atoms with Gasteiger partial charge in [-0.1, -0.05) is 12.1 Å². The minimum absolute atomic E-state index is 0.573. The molecule has 88 valence electrons. The van der Waals surface area contributed by atoms with Gasteiger partial charge in [0.25, 0.3) is 0 Å². The van der Waals surface area contributed by atoms with Crippen LogP contribution in [0.4, 0.5) is 0 Å². The Morgan fingerprint density at radius 3 is 2.47 bits per heavy atom. The van der Waals surface area contributed by atoms with Gasteiger partial charge in [0, 0.05) is 18.8 Å². The molecule has 0 spiro atoms. The maximum Gasteiger partial charge on any atom is 0.247 e. The summed E-state index contributed by atoms with van der Waals surface area (Å²) in [6, 6.07) is 8.38. The lowest BCUT2D eigenvalue weighted by atomic mass is 9.91. The number of aromatic nitrogens is 2. The Morgan fingerprint density at radius 1 is 1.06 bits per heavy atom. The van der Waals surface area contributed by atoms with Crippen molar-refractivity contribution in [2.24, 2.45) is 0 Å². The summed E-state index contributed by atoms with van der Waals surface area (Å²) in [5.41, 5.74) is 2.34. The van der Waals surface area contributed by atoms with Crippen LogP contribution in [0.2, 0.25) is 0 Å². The van der Waals surface area contributed by atoms with Crippen LogP contribution < -0.4 is 0 Å². The van der Waals surface area contributed by atoms with Gasteiger partial charge in [0.2, 0.25) is 12.3 Å². The van der Waals surface area contributed by atoms with Crippen LogP contribution >= 0.6 is 0 Å². The SMILES string of the molecule is c1nnc(-c2ccc(C3CCOCC3)cc2)o1. The van der Waals surface area contributed by atoms with Crippen molar-refractivity contribution in [1.29, 1.82) is 0 Å². The van der Waals surface area contributed by atoms with Crippen molar-refractivity contribution in [1.82, 2.24) is 10.2 Å². The topological polar surface area (TPSA) is 48.2 Å².